The number of aryl methyl sites for hydroxylation is 1. The Balaban J connectivity index is 2.32. The van der Waals surface area contributed by atoms with E-state index >= 15 is 0 Å². The van der Waals surface area contributed by atoms with Crippen LogP contribution in [-0.4, -0.2) is 11.5 Å². The summed E-state index contributed by atoms with van der Waals surface area (Å²) in [5, 5.41) is 5.73. The number of thiazole rings is 1. The Morgan fingerprint density at radius 1 is 1.41 bits per heavy atom. The van der Waals surface area contributed by atoms with Gasteiger partial charge in [-0.3, -0.25) is 0 Å². The van der Waals surface area contributed by atoms with E-state index in [4.69, 9.17) is 0 Å². The number of rotatable bonds is 5. The quantitative estimate of drug-likeness (QED) is 0.880. The normalized spacial score (nSPS) is 12.9. The maximum absolute atomic E-state index is 4.35. The molecule has 2 aromatic rings. The molecule has 0 spiro atoms. The molecule has 92 valence electrons. The van der Waals surface area contributed by atoms with Gasteiger partial charge in [0.05, 0.1) is 17.2 Å². The van der Waals surface area contributed by atoms with Crippen molar-refractivity contribution in [3.05, 3.63) is 36.9 Å². The maximum Gasteiger partial charge on any atom is 0.0798 e. The summed E-state index contributed by atoms with van der Waals surface area (Å²) in [5.41, 5.74) is 3.05. The number of nitrogens with zero attached hydrogens (tertiary/aromatic N) is 1. The summed E-state index contributed by atoms with van der Waals surface area (Å²) in [6.45, 7) is 5.29. The molecule has 0 fully saturated rings. The first-order valence-electron chi connectivity index (χ1n) is 5.60. The molecule has 1 unspecified atom stereocenters. The molecular formula is C12H15BrN2S2. The first-order valence-corrected chi connectivity index (χ1v) is 8.15. The van der Waals surface area contributed by atoms with E-state index in [2.05, 4.69) is 51.5 Å². The number of nitrogens with one attached hydrogen (secondary N) is 1. The topological polar surface area (TPSA) is 24.9 Å². The van der Waals surface area contributed by atoms with Crippen LogP contribution in [0.1, 0.15) is 34.8 Å². The van der Waals surface area contributed by atoms with Crippen molar-refractivity contribution in [1.82, 2.24) is 10.3 Å². The third-order valence-corrected chi connectivity index (χ3v) is 5.48. The Morgan fingerprint density at radius 2 is 2.24 bits per heavy atom. The predicted molar refractivity (Wildman–Crippen MR) is 79.0 cm³/mol. The fraction of sp³-hybridized carbons (Fsp3) is 0.417. The van der Waals surface area contributed by atoms with Crippen molar-refractivity contribution in [2.75, 3.05) is 6.54 Å². The van der Waals surface area contributed by atoms with Crippen molar-refractivity contribution in [3.8, 4) is 0 Å². The number of hydrogen-bond donors (Lipinski definition) is 1. The molecule has 0 aliphatic carbocycles. The average molecular weight is 331 g/mol. The second-order valence-electron chi connectivity index (χ2n) is 3.82. The van der Waals surface area contributed by atoms with Crippen LogP contribution in [0.3, 0.4) is 0 Å². The Labute approximate surface area is 118 Å². The van der Waals surface area contributed by atoms with Crippen molar-refractivity contribution in [1.29, 1.82) is 0 Å². The van der Waals surface area contributed by atoms with Gasteiger partial charge < -0.3 is 5.32 Å². The second kappa shape index (κ2) is 6.09. The van der Waals surface area contributed by atoms with E-state index in [0.29, 0.717) is 0 Å². The molecule has 0 aromatic carbocycles. The summed E-state index contributed by atoms with van der Waals surface area (Å²) in [6.07, 6.45) is 1.14. The summed E-state index contributed by atoms with van der Waals surface area (Å²) in [7, 11) is 0. The Morgan fingerprint density at radius 3 is 2.76 bits per heavy atom. The van der Waals surface area contributed by atoms with Crippen LogP contribution in [0, 0.1) is 6.92 Å². The third kappa shape index (κ3) is 2.96. The van der Waals surface area contributed by atoms with Crippen molar-refractivity contribution in [2.24, 2.45) is 0 Å². The van der Waals surface area contributed by atoms with Gasteiger partial charge in [-0.2, -0.15) is 0 Å². The maximum atomic E-state index is 4.35. The molecule has 0 amide bonds. The van der Waals surface area contributed by atoms with Gasteiger partial charge in [-0.25, -0.2) is 4.98 Å². The summed E-state index contributed by atoms with van der Waals surface area (Å²) in [4.78, 5) is 7.01. The minimum Gasteiger partial charge on any atom is -0.305 e. The SMILES string of the molecule is CCCNC(c1sccc1Br)c1scnc1C. The van der Waals surface area contributed by atoms with Crippen LogP contribution in [0.4, 0.5) is 0 Å². The van der Waals surface area contributed by atoms with Gasteiger partial charge in [-0.1, -0.05) is 6.92 Å². The largest absolute Gasteiger partial charge is 0.305 e. The van der Waals surface area contributed by atoms with E-state index in [9.17, 15) is 0 Å². The lowest BCUT2D eigenvalue weighted by atomic mass is 10.1. The fourth-order valence-corrected chi connectivity index (χ4v) is 4.34. The zero-order chi connectivity index (χ0) is 12.3. The van der Waals surface area contributed by atoms with Crippen molar-refractivity contribution in [3.63, 3.8) is 0 Å². The van der Waals surface area contributed by atoms with E-state index in [0.717, 1.165) is 18.7 Å². The summed E-state index contributed by atoms with van der Waals surface area (Å²) < 4.78 is 1.18. The van der Waals surface area contributed by atoms with Crippen LogP contribution < -0.4 is 5.32 Å². The summed E-state index contributed by atoms with van der Waals surface area (Å²) in [5.74, 6) is 0. The number of halogens is 1. The van der Waals surface area contributed by atoms with Crippen molar-refractivity contribution >= 4 is 38.6 Å². The Hall–Kier alpha value is -0.230. The van der Waals surface area contributed by atoms with E-state index in [1.807, 2.05) is 5.51 Å². The van der Waals surface area contributed by atoms with Gasteiger partial charge in [-0.15, -0.1) is 22.7 Å². The highest BCUT2D eigenvalue weighted by Crippen LogP contribution is 2.35. The van der Waals surface area contributed by atoms with E-state index in [1.54, 1.807) is 22.7 Å². The fourth-order valence-electron chi connectivity index (χ4n) is 1.69. The highest BCUT2D eigenvalue weighted by Gasteiger charge is 2.20. The molecular weight excluding hydrogens is 316 g/mol. The van der Waals surface area contributed by atoms with Crippen LogP contribution in [-0.2, 0) is 0 Å². The van der Waals surface area contributed by atoms with Crippen LogP contribution in [0.5, 0.6) is 0 Å². The highest BCUT2D eigenvalue weighted by atomic mass is 79.9. The van der Waals surface area contributed by atoms with Gasteiger partial charge in [0.25, 0.3) is 0 Å². The molecule has 0 saturated carbocycles. The average Bonchev–Trinajstić information content (AvgIpc) is 2.90. The standard InChI is InChI=1S/C12H15BrN2S2/c1-3-5-14-10(11-8(2)15-7-17-11)12-9(13)4-6-16-12/h4,6-7,10,14H,3,5H2,1-2H3. The molecule has 0 saturated heterocycles. The Bertz CT molecular complexity index is 438. The molecule has 2 heterocycles. The lowest BCUT2D eigenvalue weighted by Crippen LogP contribution is -2.22. The molecule has 5 heteroatoms. The summed E-state index contributed by atoms with van der Waals surface area (Å²) >= 11 is 7.14. The molecule has 2 aromatic heterocycles. The van der Waals surface area contributed by atoms with Gasteiger partial charge in [0.15, 0.2) is 0 Å². The molecule has 1 N–H and O–H groups in total. The van der Waals surface area contributed by atoms with Crippen LogP contribution in [0.25, 0.3) is 0 Å². The second-order valence-corrected chi connectivity index (χ2v) is 6.51. The monoisotopic (exact) mass is 330 g/mol. The number of aromatic nitrogens is 1. The molecule has 0 aliphatic rings. The van der Waals surface area contributed by atoms with E-state index in [-0.39, 0.29) is 6.04 Å². The minimum atomic E-state index is 0.275. The molecule has 0 bridgehead atoms. The lowest BCUT2D eigenvalue weighted by Gasteiger charge is -2.17. The van der Waals surface area contributed by atoms with E-state index in [1.165, 1.54) is 14.2 Å². The zero-order valence-corrected chi connectivity index (χ0v) is 13.1. The predicted octanol–water partition coefficient (Wildman–Crippen LogP) is 4.36. The van der Waals surface area contributed by atoms with Crippen LogP contribution in [0.15, 0.2) is 21.4 Å². The van der Waals surface area contributed by atoms with Crippen LogP contribution >= 0.6 is 38.6 Å². The molecule has 1 atom stereocenters. The van der Waals surface area contributed by atoms with Gasteiger partial charge in [-0.05, 0) is 47.3 Å². The first kappa shape index (κ1) is 13.2. The van der Waals surface area contributed by atoms with Gasteiger partial charge in [0, 0.05) is 14.2 Å². The van der Waals surface area contributed by atoms with Gasteiger partial charge in [0.2, 0.25) is 0 Å². The molecule has 2 rings (SSSR count). The molecule has 0 aliphatic heterocycles. The summed E-state index contributed by atoms with van der Waals surface area (Å²) in [6, 6.07) is 2.38. The van der Waals surface area contributed by atoms with Crippen LogP contribution in [0.2, 0.25) is 0 Å². The van der Waals surface area contributed by atoms with Crippen molar-refractivity contribution in [2.45, 2.75) is 26.3 Å². The van der Waals surface area contributed by atoms with E-state index < -0.39 is 0 Å². The molecule has 0 radical (unpaired) electrons. The molecule has 17 heavy (non-hydrogen) atoms. The zero-order valence-electron chi connectivity index (χ0n) is 9.87. The van der Waals surface area contributed by atoms with Crippen molar-refractivity contribution < 1.29 is 0 Å². The van der Waals surface area contributed by atoms with Gasteiger partial charge in [0.1, 0.15) is 0 Å². The first-order chi connectivity index (χ1) is 8.24. The van der Waals surface area contributed by atoms with Gasteiger partial charge >= 0.3 is 0 Å². The third-order valence-electron chi connectivity index (χ3n) is 2.55. The Kier molecular flexibility index (Phi) is 4.73. The smallest absolute Gasteiger partial charge is 0.0798 e. The lowest BCUT2D eigenvalue weighted by molar-refractivity contribution is 0.608. The molecule has 2 nitrogen and oxygen atoms in total. The minimum absolute atomic E-state index is 0.275. The number of thiophene rings is 1. The number of hydrogen-bond acceptors (Lipinski definition) is 4. The highest BCUT2D eigenvalue weighted by molar-refractivity contribution is 9.10.